The molecule has 6 heteroatoms. The maximum atomic E-state index is 12.3. The minimum Gasteiger partial charge on any atom is -0.487 e. The maximum Gasteiger partial charge on any atom is 0.274 e. The van der Waals surface area contributed by atoms with E-state index in [1.165, 1.54) is 0 Å². The van der Waals surface area contributed by atoms with E-state index in [2.05, 4.69) is 4.98 Å². The van der Waals surface area contributed by atoms with Gasteiger partial charge in [-0.1, -0.05) is 23.7 Å². The molecule has 110 valence electrons. The number of ether oxygens (including phenoxy) is 1. The van der Waals surface area contributed by atoms with E-state index in [-0.39, 0.29) is 12.0 Å². The van der Waals surface area contributed by atoms with E-state index in [4.69, 9.17) is 16.3 Å². The summed E-state index contributed by atoms with van der Waals surface area (Å²) in [5, 5.41) is 0.590. The number of likely N-dealkylation sites (tertiary alicyclic amines) is 1. The Labute approximate surface area is 128 Å². The Morgan fingerprint density at radius 2 is 2.24 bits per heavy atom. The van der Waals surface area contributed by atoms with Gasteiger partial charge in [-0.05, 0) is 12.1 Å². The predicted octanol–water partition coefficient (Wildman–Crippen LogP) is 2.37. The van der Waals surface area contributed by atoms with Crippen molar-refractivity contribution in [2.75, 3.05) is 13.1 Å². The molecule has 21 heavy (non-hydrogen) atoms. The number of aromatic nitrogens is 2. The van der Waals surface area contributed by atoms with Gasteiger partial charge in [0.15, 0.2) is 0 Å². The Balaban J connectivity index is 1.63. The lowest BCUT2D eigenvalue weighted by Crippen LogP contribution is -2.31. The van der Waals surface area contributed by atoms with E-state index in [1.807, 2.05) is 25.2 Å². The smallest absolute Gasteiger partial charge is 0.274 e. The quantitative estimate of drug-likeness (QED) is 0.874. The molecule has 0 bridgehead atoms. The van der Waals surface area contributed by atoms with Crippen molar-refractivity contribution < 1.29 is 9.53 Å². The number of aryl methyl sites for hydroxylation is 1. The summed E-state index contributed by atoms with van der Waals surface area (Å²) in [7, 11) is 1.84. The van der Waals surface area contributed by atoms with Gasteiger partial charge in [-0.25, -0.2) is 4.98 Å². The standard InChI is InChI=1S/C15H16ClN3O2/c1-18-9-13(17-10-18)15(20)19-7-6-11(8-19)21-14-5-3-2-4-12(14)16/h2-5,9-11H,6-8H2,1H3. The lowest BCUT2D eigenvalue weighted by atomic mass is 10.3. The van der Waals surface area contributed by atoms with Gasteiger partial charge in [0.2, 0.25) is 0 Å². The monoisotopic (exact) mass is 305 g/mol. The summed E-state index contributed by atoms with van der Waals surface area (Å²) < 4.78 is 7.64. The van der Waals surface area contributed by atoms with Crippen LogP contribution in [0.2, 0.25) is 5.02 Å². The Kier molecular flexibility index (Phi) is 3.84. The number of carbonyl (C=O) groups excluding carboxylic acids is 1. The molecule has 0 aliphatic carbocycles. The molecule has 1 atom stereocenters. The highest BCUT2D eigenvalue weighted by atomic mass is 35.5. The molecule has 0 spiro atoms. The SMILES string of the molecule is Cn1cnc(C(=O)N2CCC(Oc3ccccc3Cl)C2)c1. The van der Waals surface area contributed by atoms with Crippen molar-refractivity contribution in [1.29, 1.82) is 0 Å². The number of amides is 1. The Morgan fingerprint density at radius 3 is 2.95 bits per heavy atom. The van der Waals surface area contributed by atoms with Gasteiger partial charge in [-0.2, -0.15) is 0 Å². The van der Waals surface area contributed by atoms with Crippen LogP contribution in [0.5, 0.6) is 5.75 Å². The first-order valence-electron chi connectivity index (χ1n) is 6.82. The van der Waals surface area contributed by atoms with Gasteiger partial charge in [-0.15, -0.1) is 0 Å². The van der Waals surface area contributed by atoms with Crippen molar-refractivity contribution >= 4 is 17.5 Å². The fraction of sp³-hybridized carbons (Fsp3) is 0.333. The van der Waals surface area contributed by atoms with Gasteiger partial charge in [0.25, 0.3) is 5.91 Å². The van der Waals surface area contributed by atoms with Gasteiger partial charge >= 0.3 is 0 Å². The second-order valence-electron chi connectivity index (χ2n) is 5.13. The summed E-state index contributed by atoms with van der Waals surface area (Å²) >= 11 is 6.08. The van der Waals surface area contributed by atoms with Gasteiger partial charge < -0.3 is 14.2 Å². The van der Waals surface area contributed by atoms with Crippen LogP contribution in [-0.4, -0.2) is 39.6 Å². The summed E-state index contributed by atoms with van der Waals surface area (Å²) in [4.78, 5) is 18.2. The molecule has 3 rings (SSSR count). The van der Waals surface area contributed by atoms with E-state index in [0.717, 1.165) is 6.42 Å². The van der Waals surface area contributed by atoms with E-state index in [1.54, 1.807) is 28.1 Å². The highest BCUT2D eigenvalue weighted by molar-refractivity contribution is 6.32. The van der Waals surface area contributed by atoms with Crippen molar-refractivity contribution in [2.24, 2.45) is 7.05 Å². The number of para-hydroxylation sites is 1. The maximum absolute atomic E-state index is 12.3. The molecular weight excluding hydrogens is 290 g/mol. The zero-order valence-electron chi connectivity index (χ0n) is 11.7. The number of benzene rings is 1. The van der Waals surface area contributed by atoms with Gasteiger partial charge in [0, 0.05) is 26.2 Å². The average Bonchev–Trinajstić information content (AvgIpc) is 3.10. The van der Waals surface area contributed by atoms with Crippen molar-refractivity contribution in [2.45, 2.75) is 12.5 Å². The second kappa shape index (κ2) is 5.77. The lowest BCUT2D eigenvalue weighted by molar-refractivity contribution is 0.0767. The Hall–Kier alpha value is -2.01. The largest absolute Gasteiger partial charge is 0.487 e. The van der Waals surface area contributed by atoms with Crippen LogP contribution < -0.4 is 4.74 Å². The molecule has 1 aliphatic heterocycles. The third-order valence-corrected chi connectivity index (χ3v) is 3.80. The van der Waals surface area contributed by atoms with Crippen molar-refractivity contribution in [1.82, 2.24) is 14.5 Å². The van der Waals surface area contributed by atoms with Gasteiger partial charge in [0.05, 0.1) is 17.9 Å². The predicted molar refractivity (Wildman–Crippen MR) is 79.6 cm³/mol. The van der Waals surface area contributed by atoms with E-state index < -0.39 is 0 Å². The first kappa shape index (κ1) is 13.9. The number of imidazole rings is 1. The first-order valence-corrected chi connectivity index (χ1v) is 7.19. The summed E-state index contributed by atoms with van der Waals surface area (Å²) in [6.07, 6.45) is 4.12. The summed E-state index contributed by atoms with van der Waals surface area (Å²) in [5.74, 6) is 0.608. The summed E-state index contributed by atoms with van der Waals surface area (Å²) in [5.41, 5.74) is 0.468. The normalized spacial score (nSPS) is 18.0. The summed E-state index contributed by atoms with van der Waals surface area (Å²) in [6, 6.07) is 7.38. The number of rotatable bonds is 3. The van der Waals surface area contributed by atoms with Crippen molar-refractivity contribution in [3.05, 3.63) is 47.5 Å². The highest BCUT2D eigenvalue weighted by Crippen LogP contribution is 2.26. The molecule has 1 fully saturated rings. The van der Waals surface area contributed by atoms with Crippen LogP contribution in [0.4, 0.5) is 0 Å². The molecular formula is C15H16ClN3O2. The molecule has 5 nitrogen and oxygen atoms in total. The van der Waals surface area contributed by atoms with Gasteiger partial charge in [-0.3, -0.25) is 4.79 Å². The van der Waals surface area contributed by atoms with E-state index in [9.17, 15) is 4.79 Å². The second-order valence-corrected chi connectivity index (χ2v) is 5.54. The molecule has 1 aromatic carbocycles. The molecule has 0 saturated carbocycles. The highest BCUT2D eigenvalue weighted by Gasteiger charge is 2.29. The van der Waals surface area contributed by atoms with Crippen LogP contribution in [-0.2, 0) is 7.05 Å². The minimum absolute atomic E-state index is 0.0300. The molecule has 2 heterocycles. The van der Waals surface area contributed by atoms with Gasteiger partial charge in [0.1, 0.15) is 17.5 Å². The van der Waals surface area contributed by atoms with Crippen LogP contribution in [0.3, 0.4) is 0 Å². The van der Waals surface area contributed by atoms with Crippen LogP contribution >= 0.6 is 11.6 Å². The minimum atomic E-state index is -0.0548. The third kappa shape index (κ3) is 3.03. The number of halogens is 1. The van der Waals surface area contributed by atoms with Crippen LogP contribution in [0.15, 0.2) is 36.8 Å². The first-order chi connectivity index (χ1) is 10.1. The van der Waals surface area contributed by atoms with Crippen LogP contribution in [0.25, 0.3) is 0 Å². The fourth-order valence-electron chi connectivity index (χ4n) is 2.41. The lowest BCUT2D eigenvalue weighted by Gasteiger charge is -2.16. The number of hydrogen-bond acceptors (Lipinski definition) is 3. The Morgan fingerprint density at radius 1 is 1.43 bits per heavy atom. The molecule has 1 unspecified atom stereocenters. The average molecular weight is 306 g/mol. The molecule has 2 aromatic rings. The molecule has 1 aliphatic rings. The van der Waals surface area contributed by atoms with E-state index >= 15 is 0 Å². The zero-order chi connectivity index (χ0) is 14.8. The molecule has 0 radical (unpaired) electrons. The number of carbonyl (C=O) groups is 1. The third-order valence-electron chi connectivity index (χ3n) is 3.49. The number of nitrogens with zero attached hydrogens (tertiary/aromatic N) is 3. The topological polar surface area (TPSA) is 47.4 Å². The molecule has 1 saturated heterocycles. The number of hydrogen-bond donors (Lipinski definition) is 0. The van der Waals surface area contributed by atoms with Crippen molar-refractivity contribution in [3.8, 4) is 5.75 Å². The van der Waals surface area contributed by atoms with E-state index in [0.29, 0.717) is 29.6 Å². The molecule has 1 amide bonds. The van der Waals surface area contributed by atoms with Crippen LogP contribution in [0, 0.1) is 0 Å². The molecule has 0 N–H and O–H groups in total. The zero-order valence-corrected chi connectivity index (χ0v) is 12.5. The van der Waals surface area contributed by atoms with Crippen molar-refractivity contribution in [3.63, 3.8) is 0 Å². The van der Waals surface area contributed by atoms with Crippen LogP contribution in [0.1, 0.15) is 16.9 Å². The Bertz CT molecular complexity index is 656. The summed E-state index contributed by atoms with van der Waals surface area (Å²) in [6.45, 7) is 1.23. The fourth-order valence-corrected chi connectivity index (χ4v) is 2.59. The molecule has 1 aromatic heterocycles.